The number of hydrogen-bond donors (Lipinski definition) is 4. The van der Waals surface area contributed by atoms with Crippen LogP contribution in [0.1, 0.15) is 25.8 Å². The van der Waals surface area contributed by atoms with E-state index < -0.39 is 75.6 Å². The molecule has 0 amide bonds. The minimum atomic E-state index is -5.52. The minimum Gasteiger partial charge on any atom is -0.478 e. The molecular formula is C18H18F6N2O8S. The zero-order valence-corrected chi connectivity index (χ0v) is 18.5. The molecule has 17 heteroatoms. The Morgan fingerprint density at radius 2 is 1.26 bits per heavy atom. The highest BCUT2D eigenvalue weighted by Gasteiger charge is 2.61. The van der Waals surface area contributed by atoms with E-state index in [0.29, 0.717) is 0 Å². The van der Waals surface area contributed by atoms with Crippen LogP contribution in [0, 0.1) is 0 Å². The van der Waals surface area contributed by atoms with Gasteiger partial charge in [-0.05, 0) is 31.0 Å². The number of rotatable bonds is 5. The predicted octanol–water partition coefficient (Wildman–Crippen LogP) is 3.21. The van der Waals surface area contributed by atoms with Crippen molar-refractivity contribution < 1.29 is 63.7 Å². The van der Waals surface area contributed by atoms with Gasteiger partial charge in [0, 0.05) is 18.9 Å². The van der Waals surface area contributed by atoms with Crippen LogP contribution in [-0.2, 0) is 25.4 Å². The summed E-state index contributed by atoms with van der Waals surface area (Å²) in [6.07, 6.45) is -9.68. The highest BCUT2D eigenvalue weighted by molar-refractivity contribution is 7.79. The van der Waals surface area contributed by atoms with E-state index >= 15 is 0 Å². The quantitative estimate of drug-likeness (QED) is 0.324. The first kappa shape index (κ1) is 29.9. The van der Waals surface area contributed by atoms with Gasteiger partial charge in [0.2, 0.25) is 0 Å². The largest absolute Gasteiger partial charge is 0.478 e. The maximum absolute atomic E-state index is 14.0. The van der Waals surface area contributed by atoms with Crippen molar-refractivity contribution in [3.63, 3.8) is 0 Å². The van der Waals surface area contributed by atoms with Gasteiger partial charge in [0.25, 0.3) is 0 Å². The van der Waals surface area contributed by atoms with Crippen LogP contribution in [0.5, 0.6) is 0 Å². The van der Waals surface area contributed by atoms with E-state index in [1.807, 2.05) is 0 Å². The Hall–Kier alpha value is -3.18. The monoisotopic (exact) mass is 536 g/mol. The Morgan fingerprint density at radius 1 is 0.914 bits per heavy atom. The molecule has 1 aromatic rings. The molecule has 0 bridgehead atoms. The number of alkyl halides is 6. The van der Waals surface area contributed by atoms with Crippen molar-refractivity contribution >= 4 is 22.3 Å². The number of pyridine rings is 1. The van der Waals surface area contributed by atoms with Gasteiger partial charge in [0.1, 0.15) is 11.4 Å². The van der Waals surface area contributed by atoms with Crippen molar-refractivity contribution in [2.75, 3.05) is 6.54 Å². The summed E-state index contributed by atoms with van der Waals surface area (Å²) < 4.78 is 115. The molecule has 196 valence electrons. The van der Waals surface area contributed by atoms with Crippen molar-refractivity contribution in [2.45, 2.75) is 38.0 Å². The van der Waals surface area contributed by atoms with Crippen molar-refractivity contribution in [3.05, 3.63) is 52.6 Å². The van der Waals surface area contributed by atoms with E-state index in [9.17, 15) is 46.1 Å². The van der Waals surface area contributed by atoms with E-state index in [1.165, 1.54) is 0 Å². The van der Waals surface area contributed by atoms with E-state index in [2.05, 4.69) is 4.98 Å². The molecule has 0 aliphatic carbocycles. The highest BCUT2D eigenvalue weighted by atomic mass is 32.3. The summed E-state index contributed by atoms with van der Waals surface area (Å²) in [7, 11) is -4.67. The standard InChI is InChI=1S/C18H16F6N2O4.H2O4S/c1-3-16(9-5-7-25-8-6-9)10(14(27)28)12(17(19,20)21)26(4-2)13(18(22,23)24)11(16)15(29)30;1-5(2,3)4/h5-8H,3-4H2,1-2H3,(H,27,28)(H,29,30);(H2,1,2,3,4). The van der Waals surface area contributed by atoms with Gasteiger partial charge in [-0.1, -0.05) is 6.92 Å². The smallest absolute Gasteiger partial charge is 0.432 e. The van der Waals surface area contributed by atoms with Crippen LogP contribution < -0.4 is 0 Å². The molecule has 0 fully saturated rings. The van der Waals surface area contributed by atoms with Crippen LogP contribution in [0.25, 0.3) is 0 Å². The van der Waals surface area contributed by atoms with Crippen molar-refractivity contribution in [2.24, 2.45) is 0 Å². The molecule has 2 rings (SSSR count). The van der Waals surface area contributed by atoms with Gasteiger partial charge < -0.3 is 15.1 Å². The Labute approximate surface area is 193 Å². The lowest BCUT2D eigenvalue weighted by molar-refractivity contribution is -0.148. The Bertz CT molecular complexity index is 1090. The first-order valence-electron chi connectivity index (χ1n) is 9.23. The third kappa shape index (κ3) is 6.29. The fourth-order valence-electron chi connectivity index (χ4n) is 3.87. The van der Waals surface area contributed by atoms with Gasteiger partial charge in [0.05, 0.1) is 16.6 Å². The lowest BCUT2D eigenvalue weighted by Gasteiger charge is -2.45. The number of allylic oxidation sites excluding steroid dienone is 2. The SMILES string of the molecule is CCN1C(C(F)(F)F)=C(C(=O)O)C(CC)(c2ccncc2)C(C(=O)O)=C1C(F)(F)F.O=S(=O)(O)O. The molecule has 1 aliphatic rings. The zero-order valence-electron chi connectivity index (χ0n) is 17.7. The molecule has 0 unspecified atom stereocenters. The number of halogens is 6. The number of aromatic nitrogens is 1. The summed E-state index contributed by atoms with van der Waals surface area (Å²) in [6.45, 7) is 1.09. The normalized spacial score (nSPS) is 16.6. The number of aliphatic carboxylic acids is 2. The van der Waals surface area contributed by atoms with Crippen LogP contribution in [0.15, 0.2) is 47.1 Å². The second kappa shape index (κ2) is 10.2. The summed E-state index contributed by atoms with van der Waals surface area (Å²) in [6, 6.07) is 2.00. The number of hydrogen-bond acceptors (Lipinski definition) is 6. The molecule has 35 heavy (non-hydrogen) atoms. The molecule has 0 aromatic carbocycles. The van der Waals surface area contributed by atoms with Gasteiger partial charge in [-0.15, -0.1) is 0 Å². The first-order valence-corrected chi connectivity index (χ1v) is 10.6. The second-order valence-electron chi connectivity index (χ2n) is 6.74. The third-order valence-electron chi connectivity index (χ3n) is 4.85. The summed E-state index contributed by atoms with van der Waals surface area (Å²) in [4.78, 5) is 27.4. The van der Waals surface area contributed by atoms with Gasteiger partial charge >= 0.3 is 34.7 Å². The minimum absolute atomic E-state index is 0.331. The molecule has 1 aliphatic heterocycles. The Kier molecular flexibility index (Phi) is 8.70. The summed E-state index contributed by atoms with van der Waals surface area (Å²) in [5.41, 5.74) is -10.2. The summed E-state index contributed by atoms with van der Waals surface area (Å²) >= 11 is 0. The number of nitrogens with zero attached hydrogens (tertiary/aromatic N) is 2. The molecule has 0 spiro atoms. The van der Waals surface area contributed by atoms with E-state index in [4.69, 9.17) is 17.5 Å². The van der Waals surface area contributed by atoms with Gasteiger partial charge in [-0.25, -0.2) is 9.59 Å². The average Bonchev–Trinajstić information content (AvgIpc) is 2.69. The van der Waals surface area contributed by atoms with Crippen molar-refractivity contribution in [1.29, 1.82) is 0 Å². The second-order valence-corrected chi connectivity index (χ2v) is 7.64. The molecule has 0 saturated carbocycles. The maximum atomic E-state index is 14.0. The first-order chi connectivity index (χ1) is 15.7. The topological polar surface area (TPSA) is 165 Å². The van der Waals surface area contributed by atoms with Gasteiger partial charge in [-0.2, -0.15) is 34.8 Å². The predicted molar refractivity (Wildman–Crippen MR) is 104 cm³/mol. The van der Waals surface area contributed by atoms with Crippen molar-refractivity contribution in [1.82, 2.24) is 9.88 Å². The lowest BCUT2D eigenvalue weighted by Crippen LogP contribution is -2.51. The molecule has 4 N–H and O–H groups in total. The van der Waals surface area contributed by atoms with E-state index in [1.54, 1.807) is 0 Å². The van der Waals surface area contributed by atoms with Crippen LogP contribution in [-0.4, -0.2) is 68.5 Å². The molecule has 10 nitrogen and oxygen atoms in total. The highest BCUT2D eigenvalue weighted by Crippen LogP contribution is 2.55. The average molecular weight is 536 g/mol. The molecule has 0 saturated heterocycles. The van der Waals surface area contributed by atoms with E-state index in [0.717, 1.165) is 38.4 Å². The maximum Gasteiger partial charge on any atom is 0.432 e. The number of carbonyl (C=O) groups is 2. The molecule has 1 aromatic heterocycles. The lowest BCUT2D eigenvalue weighted by atomic mass is 9.63. The number of carboxylic acid groups (broad SMARTS) is 2. The summed E-state index contributed by atoms with van der Waals surface area (Å²) in [5, 5.41) is 19.4. The fourth-order valence-corrected chi connectivity index (χ4v) is 3.87. The van der Waals surface area contributed by atoms with E-state index in [-0.39, 0.29) is 10.5 Å². The summed E-state index contributed by atoms with van der Waals surface area (Å²) in [5.74, 6) is -4.36. The molecule has 0 atom stereocenters. The Morgan fingerprint density at radius 3 is 1.49 bits per heavy atom. The molecule has 2 heterocycles. The van der Waals surface area contributed by atoms with Crippen LogP contribution in [0.3, 0.4) is 0 Å². The zero-order chi connectivity index (χ0) is 27.6. The van der Waals surface area contributed by atoms with Crippen molar-refractivity contribution in [3.8, 4) is 0 Å². The third-order valence-corrected chi connectivity index (χ3v) is 4.85. The molecule has 0 radical (unpaired) electrons. The van der Waals surface area contributed by atoms with Crippen LogP contribution >= 0.6 is 0 Å². The van der Waals surface area contributed by atoms with Gasteiger partial charge in [0.15, 0.2) is 0 Å². The Balaban J connectivity index is 0.00000111. The van der Waals surface area contributed by atoms with Crippen LogP contribution in [0.4, 0.5) is 26.3 Å². The van der Waals surface area contributed by atoms with Gasteiger partial charge in [-0.3, -0.25) is 14.1 Å². The molecular weight excluding hydrogens is 518 g/mol. The number of carboxylic acids is 2. The van der Waals surface area contributed by atoms with Crippen LogP contribution in [0.2, 0.25) is 0 Å². The fraction of sp³-hybridized carbons (Fsp3) is 0.389.